The molecule has 0 N–H and O–H groups in total. The van der Waals surface area contributed by atoms with E-state index in [1.165, 1.54) is 18.9 Å². The van der Waals surface area contributed by atoms with Crippen LogP contribution >= 0.6 is 0 Å². The third-order valence-electron chi connectivity index (χ3n) is 6.00. The summed E-state index contributed by atoms with van der Waals surface area (Å²) in [6, 6.07) is 9.00. The molecule has 1 fully saturated rings. The van der Waals surface area contributed by atoms with Crippen molar-refractivity contribution in [2.75, 3.05) is 13.1 Å². The van der Waals surface area contributed by atoms with E-state index in [1.807, 2.05) is 27.7 Å². The summed E-state index contributed by atoms with van der Waals surface area (Å²) in [4.78, 5) is 23.3. The largest absolute Gasteiger partial charge is 0.343 e. The zero-order chi connectivity index (χ0) is 22.8. The molecule has 1 aliphatic heterocycles. The Balaban J connectivity index is 1.30. The number of benzene rings is 2. The van der Waals surface area contributed by atoms with Crippen LogP contribution in [0.25, 0.3) is 33.9 Å². The van der Waals surface area contributed by atoms with E-state index in [0.717, 1.165) is 49.1 Å². The minimum atomic E-state index is -0.978. The van der Waals surface area contributed by atoms with Gasteiger partial charge in [0.15, 0.2) is 11.6 Å². The highest BCUT2D eigenvalue weighted by atomic mass is 19.2. The van der Waals surface area contributed by atoms with Gasteiger partial charge in [0.2, 0.25) is 11.7 Å². The lowest BCUT2D eigenvalue weighted by atomic mass is 10.2. The van der Waals surface area contributed by atoms with E-state index in [1.54, 1.807) is 6.33 Å². The number of hydrogen-bond acceptors (Lipinski definition) is 5. The molecule has 0 atom stereocenters. The molecule has 2 aromatic carbocycles. The first kappa shape index (κ1) is 21.2. The van der Waals surface area contributed by atoms with Gasteiger partial charge >= 0.3 is 0 Å². The van der Waals surface area contributed by atoms with Gasteiger partial charge in [0.25, 0.3) is 5.89 Å². The second-order valence-electron chi connectivity index (χ2n) is 8.24. The van der Waals surface area contributed by atoms with E-state index in [4.69, 9.17) is 4.52 Å². The molecule has 0 spiro atoms. The van der Waals surface area contributed by atoms with Crippen molar-refractivity contribution in [2.45, 2.75) is 38.6 Å². The highest BCUT2D eigenvalue weighted by Crippen LogP contribution is 2.26. The Morgan fingerprint density at radius 3 is 2.55 bits per heavy atom. The van der Waals surface area contributed by atoms with Crippen molar-refractivity contribution in [3.8, 4) is 22.8 Å². The summed E-state index contributed by atoms with van der Waals surface area (Å²) < 4.78 is 33.9. The third kappa shape index (κ3) is 4.48. The Morgan fingerprint density at radius 1 is 0.970 bits per heavy atom. The van der Waals surface area contributed by atoms with Crippen LogP contribution in [-0.2, 0) is 11.3 Å². The van der Waals surface area contributed by atoms with Crippen molar-refractivity contribution in [3.05, 3.63) is 54.4 Å². The molecule has 0 bridgehead atoms. The predicted octanol–water partition coefficient (Wildman–Crippen LogP) is 4.82. The van der Waals surface area contributed by atoms with Gasteiger partial charge in [-0.2, -0.15) is 4.98 Å². The first-order valence-electron chi connectivity index (χ1n) is 11.1. The minimum absolute atomic E-state index is 0.0987. The van der Waals surface area contributed by atoms with Gasteiger partial charge in [0.1, 0.15) is 0 Å². The van der Waals surface area contributed by atoms with Crippen molar-refractivity contribution in [2.24, 2.45) is 0 Å². The van der Waals surface area contributed by atoms with Gasteiger partial charge in [-0.05, 0) is 49.2 Å². The van der Waals surface area contributed by atoms with E-state index in [9.17, 15) is 13.6 Å². The number of aryl methyl sites for hydroxylation is 1. The van der Waals surface area contributed by atoms with Crippen molar-refractivity contribution in [1.82, 2.24) is 24.6 Å². The number of nitrogens with zero attached hydrogens (tertiary/aromatic N) is 5. The van der Waals surface area contributed by atoms with Crippen LogP contribution in [0.5, 0.6) is 0 Å². The van der Waals surface area contributed by atoms with Crippen LogP contribution in [0.3, 0.4) is 0 Å². The zero-order valence-electron chi connectivity index (χ0n) is 18.0. The average molecular weight is 451 g/mol. The lowest BCUT2D eigenvalue weighted by Gasteiger charge is -2.20. The SMILES string of the molecule is O=C(CCn1cnc2cc(-c3noc(-c4ccc(F)c(F)c4)n3)ccc21)N1CCCCCC1. The van der Waals surface area contributed by atoms with E-state index in [0.29, 0.717) is 29.9 Å². The van der Waals surface area contributed by atoms with E-state index >= 15 is 0 Å². The Labute approximate surface area is 189 Å². The highest BCUT2D eigenvalue weighted by molar-refractivity contribution is 5.81. The molecule has 170 valence electrons. The fourth-order valence-electron chi connectivity index (χ4n) is 4.16. The normalized spacial score (nSPS) is 14.5. The summed E-state index contributed by atoms with van der Waals surface area (Å²) in [6.07, 6.45) is 6.72. The lowest BCUT2D eigenvalue weighted by molar-refractivity contribution is -0.131. The molecule has 0 radical (unpaired) electrons. The van der Waals surface area contributed by atoms with Crippen molar-refractivity contribution in [1.29, 1.82) is 0 Å². The molecule has 2 aromatic heterocycles. The fraction of sp³-hybridized carbons (Fsp3) is 0.333. The minimum Gasteiger partial charge on any atom is -0.343 e. The number of fused-ring (bicyclic) bond motifs is 1. The highest BCUT2D eigenvalue weighted by Gasteiger charge is 2.17. The van der Waals surface area contributed by atoms with Gasteiger partial charge < -0.3 is 14.0 Å². The van der Waals surface area contributed by atoms with Crippen LogP contribution in [0.2, 0.25) is 0 Å². The topological polar surface area (TPSA) is 77.0 Å². The Bertz CT molecular complexity index is 1290. The average Bonchev–Trinajstić information content (AvgIpc) is 3.38. The lowest BCUT2D eigenvalue weighted by Crippen LogP contribution is -2.32. The Morgan fingerprint density at radius 2 is 1.76 bits per heavy atom. The third-order valence-corrected chi connectivity index (χ3v) is 6.00. The summed E-state index contributed by atoms with van der Waals surface area (Å²) in [6.45, 7) is 2.27. The van der Waals surface area contributed by atoms with Gasteiger partial charge in [0, 0.05) is 37.2 Å². The molecule has 33 heavy (non-hydrogen) atoms. The number of carbonyl (C=O) groups is 1. The first-order valence-corrected chi connectivity index (χ1v) is 11.1. The first-order chi connectivity index (χ1) is 16.1. The number of likely N-dealkylation sites (tertiary alicyclic amines) is 1. The molecule has 0 unspecified atom stereocenters. The maximum absolute atomic E-state index is 13.5. The predicted molar refractivity (Wildman–Crippen MR) is 118 cm³/mol. The van der Waals surface area contributed by atoms with Crippen LogP contribution in [0.15, 0.2) is 47.2 Å². The van der Waals surface area contributed by atoms with Crippen LogP contribution < -0.4 is 0 Å². The molecular formula is C24H23F2N5O2. The van der Waals surface area contributed by atoms with Crippen molar-refractivity contribution < 1.29 is 18.1 Å². The number of amides is 1. The van der Waals surface area contributed by atoms with Gasteiger partial charge in [-0.15, -0.1) is 0 Å². The van der Waals surface area contributed by atoms with Crippen LogP contribution in [0.1, 0.15) is 32.1 Å². The number of halogens is 2. The molecule has 1 saturated heterocycles. The molecule has 1 aliphatic rings. The molecular weight excluding hydrogens is 428 g/mol. The molecule has 4 aromatic rings. The summed E-state index contributed by atoms with van der Waals surface area (Å²) in [5.41, 5.74) is 2.64. The molecule has 7 nitrogen and oxygen atoms in total. The molecule has 0 aliphatic carbocycles. The molecule has 1 amide bonds. The quantitative estimate of drug-likeness (QED) is 0.435. The molecule has 3 heterocycles. The molecule has 5 rings (SSSR count). The maximum atomic E-state index is 13.5. The van der Waals surface area contributed by atoms with E-state index < -0.39 is 11.6 Å². The fourth-order valence-corrected chi connectivity index (χ4v) is 4.16. The monoisotopic (exact) mass is 451 g/mol. The van der Waals surface area contributed by atoms with Gasteiger partial charge in [-0.25, -0.2) is 13.8 Å². The summed E-state index contributed by atoms with van der Waals surface area (Å²) in [7, 11) is 0. The molecule has 9 heteroatoms. The smallest absolute Gasteiger partial charge is 0.258 e. The number of aromatic nitrogens is 4. The Hall–Kier alpha value is -3.62. The second kappa shape index (κ2) is 9.09. The standard InChI is InChI=1S/C24H23F2N5O2/c25-18-7-5-17(13-19(18)26)24-28-23(29-33-24)16-6-8-21-20(14-16)27-15-31(21)12-9-22(32)30-10-3-1-2-4-11-30/h5-8,13-15H,1-4,9-12H2. The van der Waals surface area contributed by atoms with Gasteiger partial charge in [-0.3, -0.25) is 4.79 Å². The van der Waals surface area contributed by atoms with Gasteiger partial charge in [-0.1, -0.05) is 18.0 Å². The van der Waals surface area contributed by atoms with Crippen molar-refractivity contribution >= 4 is 16.9 Å². The number of imidazole rings is 1. The van der Waals surface area contributed by atoms with Crippen LogP contribution in [0, 0.1) is 11.6 Å². The Kier molecular flexibility index (Phi) is 5.85. The van der Waals surface area contributed by atoms with Crippen molar-refractivity contribution in [3.63, 3.8) is 0 Å². The maximum Gasteiger partial charge on any atom is 0.258 e. The van der Waals surface area contributed by atoms with Gasteiger partial charge in [0.05, 0.1) is 17.4 Å². The van der Waals surface area contributed by atoms with E-state index in [-0.39, 0.29) is 11.8 Å². The number of rotatable bonds is 5. The zero-order valence-corrected chi connectivity index (χ0v) is 18.0. The van der Waals surface area contributed by atoms with Crippen LogP contribution in [-0.4, -0.2) is 43.6 Å². The summed E-state index contributed by atoms with van der Waals surface area (Å²) in [5, 5.41) is 3.96. The summed E-state index contributed by atoms with van der Waals surface area (Å²) >= 11 is 0. The molecule has 0 saturated carbocycles. The van der Waals surface area contributed by atoms with E-state index in [2.05, 4.69) is 15.1 Å². The number of hydrogen-bond donors (Lipinski definition) is 0. The second-order valence-corrected chi connectivity index (χ2v) is 8.24. The number of carbonyl (C=O) groups excluding carboxylic acids is 1. The van der Waals surface area contributed by atoms with Crippen LogP contribution in [0.4, 0.5) is 8.78 Å². The summed E-state index contributed by atoms with van der Waals surface area (Å²) in [5.74, 6) is -1.31.